The summed E-state index contributed by atoms with van der Waals surface area (Å²) in [6, 6.07) is 22.9. The van der Waals surface area contributed by atoms with Crippen molar-refractivity contribution in [3.05, 3.63) is 105 Å². The maximum absolute atomic E-state index is 13.2. The highest BCUT2D eigenvalue weighted by molar-refractivity contribution is 6.33. The molecular weight excluding hydrogens is 450 g/mol. The summed E-state index contributed by atoms with van der Waals surface area (Å²) in [7, 11) is 0. The van der Waals surface area contributed by atoms with Gasteiger partial charge in [0.05, 0.1) is 11.4 Å². The Morgan fingerprint density at radius 2 is 1.23 bits per heavy atom. The lowest BCUT2D eigenvalue weighted by Crippen LogP contribution is -2.25. The van der Waals surface area contributed by atoms with Crippen LogP contribution in [0, 0.1) is 41.5 Å². The quantitative estimate of drug-likeness (QED) is 0.284. The van der Waals surface area contributed by atoms with Gasteiger partial charge in [0.25, 0.3) is 0 Å². The van der Waals surface area contributed by atoms with E-state index in [4.69, 9.17) is 11.6 Å². The molecule has 0 fully saturated rings. The zero-order valence-corrected chi connectivity index (χ0v) is 22.3. The maximum Gasteiger partial charge on any atom is 0.228 e. The van der Waals surface area contributed by atoms with Gasteiger partial charge in [-0.1, -0.05) is 71.3 Å². The molecule has 1 amide bonds. The van der Waals surface area contributed by atoms with E-state index >= 15 is 0 Å². The number of hydrogen-bond acceptors (Lipinski definition) is 1. The lowest BCUT2D eigenvalue weighted by Gasteiger charge is -2.28. The molecule has 0 aromatic heterocycles. The van der Waals surface area contributed by atoms with Crippen molar-refractivity contribution in [2.45, 2.75) is 48.5 Å². The molecule has 3 heteroatoms. The Bertz CT molecular complexity index is 1400. The fourth-order valence-corrected chi connectivity index (χ4v) is 5.63. The predicted octanol–water partition coefficient (Wildman–Crippen LogP) is 9.21. The Morgan fingerprint density at radius 3 is 1.77 bits per heavy atom. The first kappa shape index (κ1) is 24.8. The van der Waals surface area contributed by atoms with Gasteiger partial charge < -0.3 is 0 Å². The van der Waals surface area contributed by atoms with Crippen LogP contribution in [0.25, 0.3) is 22.3 Å². The van der Waals surface area contributed by atoms with Gasteiger partial charge in [-0.15, -0.1) is 0 Å². The normalized spacial score (nSPS) is 11.0. The number of aryl methyl sites for hydroxylation is 6. The minimum absolute atomic E-state index is 0.0381. The first-order valence-electron chi connectivity index (χ1n) is 11.9. The third-order valence-electron chi connectivity index (χ3n) is 6.54. The fraction of sp³-hybridized carbons (Fsp3) is 0.219. The van der Waals surface area contributed by atoms with Crippen LogP contribution in [-0.4, -0.2) is 5.91 Å². The highest BCUT2D eigenvalue weighted by Crippen LogP contribution is 2.43. The third kappa shape index (κ3) is 4.76. The van der Waals surface area contributed by atoms with Crippen molar-refractivity contribution in [2.24, 2.45) is 0 Å². The molecule has 0 spiro atoms. The summed E-state index contributed by atoms with van der Waals surface area (Å²) in [5.41, 5.74) is 12.9. The van der Waals surface area contributed by atoms with Crippen LogP contribution in [0.3, 0.4) is 0 Å². The number of rotatable bonds is 4. The molecule has 0 radical (unpaired) electrons. The standard InChI is InChI=1S/C32H32ClNO/c1-19-14-21(3)31(22(4)15-19)26-12-13-30(28(18-26)27-10-8-9-11-29(27)33)34(25(7)35)32-23(5)16-20(2)17-24(32)6/h8-18H,1-7H3. The molecule has 178 valence electrons. The number of nitrogens with zero attached hydrogens (tertiary/aromatic N) is 1. The number of amides is 1. The Morgan fingerprint density at radius 1 is 0.686 bits per heavy atom. The minimum Gasteiger partial charge on any atom is -0.280 e. The van der Waals surface area contributed by atoms with Crippen molar-refractivity contribution < 1.29 is 4.79 Å². The topological polar surface area (TPSA) is 20.3 Å². The van der Waals surface area contributed by atoms with Gasteiger partial charge in [-0.3, -0.25) is 9.69 Å². The molecule has 0 aliphatic carbocycles. The summed E-state index contributed by atoms with van der Waals surface area (Å²) < 4.78 is 0. The molecule has 0 saturated carbocycles. The lowest BCUT2D eigenvalue weighted by atomic mass is 9.90. The molecule has 4 rings (SSSR count). The summed E-state index contributed by atoms with van der Waals surface area (Å²) in [5.74, 6) is -0.0381. The van der Waals surface area contributed by atoms with Crippen LogP contribution in [0.4, 0.5) is 11.4 Å². The predicted molar refractivity (Wildman–Crippen MR) is 150 cm³/mol. The molecule has 0 heterocycles. The second-order valence-corrected chi connectivity index (χ2v) is 9.99. The van der Waals surface area contributed by atoms with Crippen LogP contribution >= 0.6 is 11.6 Å². The number of benzene rings is 4. The summed E-state index contributed by atoms with van der Waals surface area (Å²) in [5, 5.41) is 0.657. The molecule has 35 heavy (non-hydrogen) atoms. The van der Waals surface area contributed by atoms with E-state index in [0.29, 0.717) is 5.02 Å². The van der Waals surface area contributed by atoms with Gasteiger partial charge >= 0.3 is 0 Å². The van der Waals surface area contributed by atoms with Crippen LogP contribution in [0.2, 0.25) is 5.02 Å². The SMILES string of the molecule is CC(=O)N(c1ccc(-c2c(C)cc(C)cc2C)cc1-c1ccccc1Cl)c1c(C)cc(C)cc1C. The summed E-state index contributed by atoms with van der Waals surface area (Å²) >= 11 is 6.72. The van der Waals surface area contributed by atoms with Crippen LogP contribution in [-0.2, 0) is 4.79 Å². The Hall–Kier alpha value is -3.36. The molecular formula is C32H32ClNO. The number of halogens is 1. The monoisotopic (exact) mass is 481 g/mol. The average Bonchev–Trinajstić information content (AvgIpc) is 2.76. The van der Waals surface area contributed by atoms with Gasteiger partial charge in [-0.2, -0.15) is 0 Å². The molecule has 0 unspecified atom stereocenters. The minimum atomic E-state index is -0.0381. The largest absolute Gasteiger partial charge is 0.280 e. The van der Waals surface area contributed by atoms with Crippen LogP contribution in [0.1, 0.15) is 40.3 Å². The summed E-state index contributed by atoms with van der Waals surface area (Å²) in [4.78, 5) is 15.0. The van der Waals surface area contributed by atoms with Crippen molar-refractivity contribution in [1.82, 2.24) is 0 Å². The van der Waals surface area contributed by atoms with E-state index < -0.39 is 0 Å². The third-order valence-corrected chi connectivity index (χ3v) is 6.87. The van der Waals surface area contributed by atoms with E-state index in [1.54, 1.807) is 6.92 Å². The zero-order valence-electron chi connectivity index (χ0n) is 21.6. The molecule has 4 aromatic rings. The molecule has 2 nitrogen and oxygen atoms in total. The molecule has 4 aromatic carbocycles. The van der Waals surface area contributed by atoms with Gasteiger partial charge in [0.1, 0.15) is 0 Å². The van der Waals surface area contributed by atoms with Gasteiger partial charge in [0.15, 0.2) is 0 Å². The van der Waals surface area contributed by atoms with Crippen molar-refractivity contribution in [3.8, 4) is 22.3 Å². The summed E-state index contributed by atoms with van der Waals surface area (Å²) in [6.45, 7) is 14.3. The van der Waals surface area contributed by atoms with Crippen molar-refractivity contribution in [1.29, 1.82) is 0 Å². The van der Waals surface area contributed by atoms with Gasteiger partial charge in [0.2, 0.25) is 5.91 Å². The number of hydrogen-bond donors (Lipinski definition) is 0. The Labute approximate surface area is 214 Å². The van der Waals surface area contributed by atoms with E-state index in [0.717, 1.165) is 39.2 Å². The second-order valence-electron chi connectivity index (χ2n) is 9.59. The van der Waals surface area contributed by atoms with Crippen LogP contribution in [0.5, 0.6) is 0 Å². The van der Waals surface area contributed by atoms with Gasteiger partial charge in [-0.05, 0) is 93.1 Å². The van der Waals surface area contributed by atoms with E-state index in [1.165, 1.54) is 27.8 Å². The molecule has 0 aliphatic heterocycles. The molecule has 0 aliphatic rings. The highest BCUT2D eigenvalue weighted by Gasteiger charge is 2.24. The van der Waals surface area contributed by atoms with E-state index in [-0.39, 0.29) is 5.91 Å². The number of carbonyl (C=O) groups is 1. The molecule has 0 atom stereocenters. The van der Waals surface area contributed by atoms with Gasteiger partial charge in [0, 0.05) is 23.1 Å². The Kier molecular flexibility index (Phi) is 6.87. The smallest absolute Gasteiger partial charge is 0.228 e. The average molecular weight is 482 g/mol. The second kappa shape index (κ2) is 9.71. The molecule has 0 bridgehead atoms. The van der Waals surface area contributed by atoms with Crippen LogP contribution in [0.15, 0.2) is 66.7 Å². The van der Waals surface area contributed by atoms with Crippen molar-refractivity contribution in [3.63, 3.8) is 0 Å². The first-order chi connectivity index (χ1) is 16.6. The van der Waals surface area contributed by atoms with Gasteiger partial charge in [-0.25, -0.2) is 0 Å². The first-order valence-corrected chi connectivity index (χ1v) is 12.3. The summed E-state index contributed by atoms with van der Waals surface area (Å²) in [6.07, 6.45) is 0. The lowest BCUT2D eigenvalue weighted by molar-refractivity contribution is -0.115. The van der Waals surface area contributed by atoms with Crippen molar-refractivity contribution in [2.75, 3.05) is 4.90 Å². The number of carbonyl (C=O) groups excluding carboxylic acids is 1. The van der Waals surface area contributed by atoms with E-state index in [1.807, 2.05) is 29.2 Å². The number of anilines is 2. The maximum atomic E-state index is 13.2. The Balaban J connectivity index is 2.04. The van der Waals surface area contributed by atoms with E-state index in [9.17, 15) is 4.79 Å². The van der Waals surface area contributed by atoms with Crippen LogP contribution < -0.4 is 4.90 Å². The molecule has 0 saturated heterocycles. The van der Waals surface area contributed by atoms with E-state index in [2.05, 4.69) is 84.0 Å². The zero-order chi connectivity index (χ0) is 25.4. The fourth-order valence-electron chi connectivity index (χ4n) is 5.39. The molecule has 0 N–H and O–H groups in total. The highest BCUT2D eigenvalue weighted by atomic mass is 35.5. The van der Waals surface area contributed by atoms with Crippen molar-refractivity contribution >= 4 is 28.9 Å².